The molecule has 3 heterocycles. The van der Waals surface area contributed by atoms with Gasteiger partial charge in [0.25, 0.3) is 0 Å². The average Bonchev–Trinajstić information content (AvgIpc) is 2.71. The van der Waals surface area contributed by atoms with E-state index in [9.17, 15) is 0 Å². The van der Waals surface area contributed by atoms with Gasteiger partial charge < -0.3 is 5.32 Å². The number of unbranched alkanes of at least 4 members (excludes halogenated alkanes) is 1. The first-order valence-corrected chi connectivity index (χ1v) is 10.2. The molecule has 0 saturated heterocycles. The highest BCUT2D eigenvalue weighted by atomic mass is 15.0. The molecule has 1 N–H and O–H groups in total. The zero-order valence-corrected chi connectivity index (χ0v) is 17.7. The Balaban J connectivity index is 2.08. The van der Waals surface area contributed by atoms with Crippen LogP contribution in [-0.2, 0) is 0 Å². The van der Waals surface area contributed by atoms with Gasteiger partial charge in [-0.3, -0.25) is 9.97 Å². The van der Waals surface area contributed by atoms with Crippen LogP contribution in [0.1, 0.15) is 61.5 Å². The minimum absolute atomic E-state index is 0.274. The van der Waals surface area contributed by atoms with Crippen molar-refractivity contribution in [2.45, 2.75) is 52.9 Å². The van der Waals surface area contributed by atoms with Crippen LogP contribution in [0.15, 0.2) is 43.5 Å². The van der Waals surface area contributed by atoms with Gasteiger partial charge in [0, 0.05) is 36.1 Å². The third-order valence-corrected chi connectivity index (χ3v) is 4.99. The Kier molecular flexibility index (Phi) is 6.70. The molecule has 0 aromatic carbocycles. The van der Waals surface area contributed by atoms with Crippen molar-refractivity contribution in [1.82, 2.24) is 19.9 Å². The van der Waals surface area contributed by atoms with Crippen molar-refractivity contribution in [3.63, 3.8) is 0 Å². The summed E-state index contributed by atoms with van der Waals surface area (Å²) in [4.78, 5) is 18.4. The van der Waals surface area contributed by atoms with Crippen LogP contribution >= 0.6 is 0 Å². The molecule has 0 bridgehead atoms. The van der Waals surface area contributed by atoms with E-state index in [1.807, 2.05) is 44.6 Å². The van der Waals surface area contributed by atoms with Crippen LogP contribution in [0.5, 0.6) is 0 Å². The lowest BCUT2D eigenvalue weighted by atomic mass is 10.0. The zero-order valence-electron chi connectivity index (χ0n) is 17.7. The smallest absolute Gasteiger partial charge is 0.134 e. The van der Waals surface area contributed by atoms with E-state index in [0.717, 1.165) is 64.5 Å². The van der Waals surface area contributed by atoms with Crippen LogP contribution in [0.3, 0.4) is 0 Å². The molecule has 0 amide bonds. The van der Waals surface area contributed by atoms with Crippen molar-refractivity contribution in [1.29, 1.82) is 0 Å². The van der Waals surface area contributed by atoms with Gasteiger partial charge in [-0.2, -0.15) is 0 Å². The third-order valence-electron chi connectivity index (χ3n) is 4.99. The zero-order chi connectivity index (χ0) is 20.8. The van der Waals surface area contributed by atoms with E-state index in [1.165, 1.54) is 0 Å². The lowest BCUT2D eigenvalue weighted by Gasteiger charge is -2.16. The predicted octanol–water partition coefficient (Wildman–Crippen LogP) is 6.23. The summed E-state index contributed by atoms with van der Waals surface area (Å²) in [5.41, 5.74) is 5.96. The highest BCUT2D eigenvalue weighted by Gasteiger charge is 2.15. The summed E-state index contributed by atoms with van der Waals surface area (Å²) in [5.74, 6) is 1.88. The fourth-order valence-corrected chi connectivity index (χ4v) is 3.35. The Hall–Kier alpha value is -3.08. The lowest BCUT2D eigenvalue weighted by molar-refractivity contribution is 0.597. The summed E-state index contributed by atoms with van der Waals surface area (Å²) in [6.45, 7) is 12.4. The van der Waals surface area contributed by atoms with Gasteiger partial charge in [0.15, 0.2) is 0 Å². The van der Waals surface area contributed by atoms with Crippen molar-refractivity contribution in [2.24, 2.45) is 0 Å². The van der Waals surface area contributed by atoms with Crippen LogP contribution in [0.4, 0.5) is 11.5 Å². The molecule has 0 unspecified atom stereocenters. The molecule has 0 aliphatic heterocycles. The van der Waals surface area contributed by atoms with Crippen LogP contribution in [0.2, 0.25) is 0 Å². The Bertz CT molecular complexity index is 996. The van der Waals surface area contributed by atoms with Crippen molar-refractivity contribution >= 4 is 17.6 Å². The molecular weight excluding hydrogens is 358 g/mol. The number of aromatic nitrogens is 4. The lowest BCUT2D eigenvalue weighted by Crippen LogP contribution is -2.06. The summed E-state index contributed by atoms with van der Waals surface area (Å²) < 4.78 is 0. The van der Waals surface area contributed by atoms with Crippen LogP contribution in [0, 0.1) is 13.8 Å². The molecule has 0 radical (unpaired) electrons. The molecule has 0 saturated carbocycles. The summed E-state index contributed by atoms with van der Waals surface area (Å²) in [5, 5.41) is 3.40. The number of rotatable bonds is 8. The molecular formula is C24H29N5. The Labute approximate surface area is 173 Å². The van der Waals surface area contributed by atoms with Crippen LogP contribution in [-0.4, -0.2) is 19.9 Å². The van der Waals surface area contributed by atoms with Crippen LogP contribution < -0.4 is 5.32 Å². The second kappa shape index (κ2) is 9.41. The van der Waals surface area contributed by atoms with Crippen molar-refractivity contribution in [3.8, 4) is 11.3 Å². The van der Waals surface area contributed by atoms with E-state index in [4.69, 9.17) is 9.97 Å². The molecule has 5 heteroatoms. The van der Waals surface area contributed by atoms with E-state index in [0.29, 0.717) is 0 Å². The summed E-state index contributed by atoms with van der Waals surface area (Å²) in [6.07, 6.45) is 12.6. The summed E-state index contributed by atoms with van der Waals surface area (Å²) >= 11 is 0. The van der Waals surface area contributed by atoms with Gasteiger partial charge in [-0.05, 0) is 43.0 Å². The Morgan fingerprint density at radius 2 is 1.86 bits per heavy atom. The maximum Gasteiger partial charge on any atom is 0.134 e. The number of pyridine rings is 2. The normalized spacial score (nSPS) is 11.9. The summed E-state index contributed by atoms with van der Waals surface area (Å²) in [7, 11) is 0. The van der Waals surface area contributed by atoms with Crippen molar-refractivity contribution in [2.75, 3.05) is 5.32 Å². The molecule has 1 atom stereocenters. The third kappa shape index (κ3) is 5.05. The standard InChI is InChI=1S/C24H29N5/c1-6-8-9-17(4)24-28-22(21-15-26-13-18(5)20(21)7-2)11-23(29-24)27-19-10-16(3)12-25-14-19/h7,10-15,17H,2,6,8-9H2,1,3-5H3,(H,27,28,29)/t17-/m0/s1. The molecule has 5 nitrogen and oxygen atoms in total. The Morgan fingerprint density at radius 3 is 2.59 bits per heavy atom. The number of hydrogen-bond acceptors (Lipinski definition) is 5. The minimum atomic E-state index is 0.274. The molecule has 3 rings (SSSR count). The fourth-order valence-electron chi connectivity index (χ4n) is 3.35. The Morgan fingerprint density at radius 1 is 1.07 bits per heavy atom. The van der Waals surface area contributed by atoms with E-state index >= 15 is 0 Å². The molecule has 0 spiro atoms. The van der Waals surface area contributed by atoms with E-state index in [-0.39, 0.29) is 5.92 Å². The average molecular weight is 388 g/mol. The maximum atomic E-state index is 4.91. The topological polar surface area (TPSA) is 63.6 Å². The highest BCUT2D eigenvalue weighted by Crippen LogP contribution is 2.29. The highest BCUT2D eigenvalue weighted by molar-refractivity contribution is 5.75. The van der Waals surface area contributed by atoms with Gasteiger partial charge in [0.05, 0.1) is 17.6 Å². The first-order valence-electron chi connectivity index (χ1n) is 10.2. The van der Waals surface area contributed by atoms with Crippen LogP contribution in [0.25, 0.3) is 17.3 Å². The number of anilines is 2. The quantitative estimate of drug-likeness (QED) is 0.496. The molecule has 150 valence electrons. The second-order valence-electron chi connectivity index (χ2n) is 7.54. The SMILES string of the molecule is C=Cc1c(C)cncc1-c1cc(Nc2cncc(C)c2)nc([C@@H](C)CCCC)n1. The summed E-state index contributed by atoms with van der Waals surface area (Å²) in [6, 6.07) is 4.03. The predicted molar refractivity (Wildman–Crippen MR) is 120 cm³/mol. The van der Waals surface area contributed by atoms with Gasteiger partial charge in [-0.1, -0.05) is 39.3 Å². The fraction of sp³-hybridized carbons (Fsp3) is 0.333. The van der Waals surface area contributed by atoms with Gasteiger partial charge in [-0.25, -0.2) is 9.97 Å². The number of aryl methyl sites for hydroxylation is 2. The van der Waals surface area contributed by atoms with Crippen molar-refractivity contribution < 1.29 is 0 Å². The first kappa shape index (κ1) is 20.6. The number of hydrogen-bond donors (Lipinski definition) is 1. The van der Waals surface area contributed by atoms with E-state index in [2.05, 4.69) is 41.8 Å². The number of nitrogens with zero attached hydrogens (tertiary/aromatic N) is 4. The maximum absolute atomic E-state index is 4.91. The molecule has 0 aliphatic carbocycles. The monoisotopic (exact) mass is 387 g/mol. The van der Waals surface area contributed by atoms with E-state index in [1.54, 1.807) is 6.20 Å². The van der Waals surface area contributed by atoms with Crippen molar-refractivity contribution in [3.05, 3.63) is 66.0 Å². The first-order chi connectivity index (χ1) is 14.0. The molecule has 3 aromatic heterocycles. The number of nitrogens with one attached hydrogen (secondary N) is 1. The van der Waals surface area contributed by atoms with Gasteiger partial charge in [-0.15, -0.1) is 0 Å². The second-order valence-corrected chi connectivity index (χ2v) is 7.54. The molecule has 0 aliphatic rings. The van der Waals surface area contributed by atoms with Gasteiger partial charge >= 0.3 is 0 Å². The van der Waals surface area contributed by atoms with Gasteiger partial charge in [0.2, 0.25) is 0 Å². The minimum Gasteiger partial charge on any atom is -0.339 e. The van der Waals surface area contributed by atoms with E-state index < -0.39 is 0 Å². The molecule has 29 heavy (non-hydrogen) atoms. The molecule has 0 fully saturated rings. The largest absolute Gasteiger partial charge is 0.339 e. The molecule has 3 aromatic rings. The van der Waals surface area contributed by atoms with Gasteiger partial charge in [0.1, 0.15) is 11.6 Å².